The van der Waals surface area contributed by atoms with Crippen molar-refractivity contribution in [2.75, 3.05) is 19.6 Å². The third-order valence-electron chi connectivity index (χ3n) is 7.06. The highest BCUT2D eigenvalue weighted by Crippen LogP contribution is 2.35. The Balaban J connectivity index is 1.11. The summed E-state index contributed by atoms with van der Waals surface area (Å²) < 4.78 is 51.2. The number of fused-ring (bicyclic) bond motifs is 1. The quantitative estimate of drug-likeness (QED) is 0.458. The Morgan fingerprint density at radius 1 is 0.944 bits per heavy atom. The third kappa shape index (κ3) is 6.02. The molecule has 3 aromatic rings. The van der Waals surface area contributed by atoms with E-state index in [0.717, 1.165) is 47.7 Å². The molecular weight excluding hydrogens is 467 g/mol. The van der Waals surface area contributed by atoms with E-state index < -0.39 is 17.3 Å². The topological polar surface area (TPSA) is 41.9 Å². The average Bonchev–Trinajstić information content (AvgIpc) is 3.26. The van der Waals surface area contributed by atoms with Gasteiger partial charge in [-0.05, 0) is 48.2 Å². The van der Waals surface area contributed by atoms with Crippen molar-refractivity contribution >= 4 is 0 Å². The van der Waals surface area contributed by atoms with Crippen LogP contribution in [-0.4, -0.2) is 41.3 Å². The number of likely N-dealkylation sites (tertiary alicyclic amines) is 1. The van der Waals surface area contributed by atoms with Crippen molar-refractivity contribution in [3.63, 3.8) is 0 Å². The lowest BCUT2D eigenvalue weighted by molar-refractivity contribution is -0.137. The molecule has 0 saturated carbocycles. The molecule has 7 heteroatoms. The standard InChI is InChI=1S/C29H30F3NO3/c30-29(31,32)24-8-4-7-22(15-24)18-28(34)11-13-33(14-12-28)19-26-17-23-16-25(9-10-27(23)36-26)35-20-21-5-2-1-3-6-21/h1-10,15-16,26,34H,11-14,17-20H2. The average molecular weight is 498 g/mol. The smallest absolute Gasteiger partial charge is 0.416 e. The van der Waals surface area contributed by atoms with Crippen LogP contribution in [-0.2, 0) is 25.6 Å². The van der Waals surface area contributed by atoms with Gasteiger partial charge in [0.05, 0.1) is 11.2 Å². The molecule has 0 bridgehead atoms. The fraction of sp³-hybridized carbons (Fsp3) is 0.379. The molecule has 0 amide bonds. The summed E-state index contributed by atoms with van der Waals surface area (Å²) >= 11 is 0. The molecule has 0 spiro atoms. The number of aliphatic hydroxyl groups is 1. The molecular formula is C29H30F3NO3. The van der Waals surface area contributed by atoms with E-state index in [2.05, 4.69) is 4.90 Å². The van der Waals surface area contributed by atoms with Crippen molar-refractivity contribution in [3.05, 3.63) is 95.1 Å². The summed E-state index contributed by atoms with van der Waals surface area (Å²) in [5.74, 6) is 1.70. The number of halogens is 3. The molecule has 0 radical (unpaired) electrons. The molecule has 3 aromatic carbocycles. The van der Waals surface area contributed by atoms with Gasteiger partial charge in [0.15, 0.2) is 0 Å². The van der Waals surface area contributed by atoms with E-state index in [-0.39, 0.29) is 12.5 Å². The predicted molar refractivity (Wildman–Crippen MR) is 131 cm³/mol. The number of rotatable bonds is 7. The van der Waals surface area contributed by atoms with Gasteiger partial charge in [-0.2, -0.15) is 13.2 Å². The molecule has 1 saturated heterocycles. The molecule has 190 valence electrons. The summed E-state index contributed by atoms with van der Waals surface area (Å²) in [6.45, 7) is 2.61. The van der Waals surface area contributed by atoms with Gasteiger partial charge in [0.1, 0.15) is 24.2 Å². The van der Waals surface area contributed by atoms with Crippen LogP contribution < -0.4 is 9.47 Å². The van der Waals surface area contributed by atoms with Gasteiger partial charge in [-0.3, -0.25) is 4.90 Å². The van der Waals surface area contributed by atoms with Crippen LogP contribution in [0.4, 0.5) is 13.2 Å². The summed E-state index contributed by atoms with van der Waals surface area (Å²) in [6, 6.07) is 21.2. The maximum absolute atomic E-state index is 13.0. The van der Waals surface area contributed by atoms with Crippen molar-refractivity contribution < 1.29 is 27.8 Å². The maximum atomic E-state index is 13.0. The predicted octanol–water partition coefficient (Wildman–Crippen LogP) is 5.66. The Morgan fingerprint density at radius 3 is 2.44 bits per heavy atom. The second-order valence-electron chi connectivity index (χ2n) is 9.89. The fourth-order valence-electron chi connectivity index (χ4n) is 5.08. The summed E-state index contributed by atoms with van der Waals surface area (Å²) in [5, 5.41) is 11.0. The minimum atomic E-state index is -4.38. The summed E-state index contributed by atoms with van der Waals surface area (Å²) in [7, 11) is 0. The first-order chi connectivity index (χ1) is 17.3. The van der Waals surface area contributed by atoms with Crippen molar-refractivity contribution in [1.82, 2.24) is 4.90 Å². The Kier molecular flexibility index (Phi) is 6.95. The lowest BCUT2D eigenvalue weighted by Crippen LogP contribution is -2.48. The number of alkyl halides is 3. The van der Waals surface area contributed by atoms with Crippen LogP contribution in [0, 0.1) is 0 Å². The largest absolute Gasteiger partial charge is 0.489 e. The second-order valence-corrected chi connectivity index (χ2v) is 9.89. The Labute approximate surface area is 209 Å². The Morgan fingerprint density at radius 2 is 1.69 bits per heavy atom. The number of hydrogen-bond acceptors (Lipinski definition) is 4. The first-order valence-electron chi connectivity index (χ1n) is 12.3. The normalized spacial score (nSPS) is 19.5. The fourth-order valence-corrected chi connectivity index (χ4v) is 5.08. The minimum absolute atomic E-state index is 0.0269. The van der Waals surface area contributed by atoms with Crippen LogP contribution in [0.1, 0.15) is 35.1 Å². The SMILES string of the molecule is OC1(Cc2cccc(C(F)(F)F)c2)CCN(CC2Cc3cc(OCc4ccccc4)ccc3O2)CC1. The molecule has 2 aliphatic rings. The van der Waals surface area contributed by atoms with E-state index in [9.17, 15) is 18.3 Å². The minimum Gasteiger partial charge on any atom is -0.489 e. The van der Waals surface area contributed by atoms with Gasteiger partial charge in [-0.1, -0.05) is 48.5 Å². The van der Waals surface area contributed by atoms with E-state index in [1.807, 2.05) is 48.5 Å². The number of nitrogens with zero attached hydrogens (tertiary/aromatic N) is 1. The number of benzene rings is 3. The van der Waals surface area contributed by atoms with Gasteiger partial charge in [0.2, 0.25) is 0 Å². The van der Waals surface area contributed by atoms with Gasteiger partial charge in [-0.15, -0.1) is 0 Å². The lowest BCUT2D eigenvalue weighted by atomic mass is 9.85. The highest BCUT2D eigenvalue weighted by molar-refractivity contribution is 5.43. The van der Waals surface area contributed by atoms with Gasteiger partial charge >= 0.3 is 6.18 Å². The van der Waals surface area contributed by atoms with E-state index in [0.29, 0.717) is 38.1 Å². The van der Waals surface area contributed by atoms with E-state index in [1.54, 1.807) is 6.07 Å². The van der Waals surface area contributed by atoms with Crippen LogP contribution in [0.2, 0.25) is 0 Å². The number of ether oxygens (including phenoxy) is 2. The van der Waals surface area contributed by atoms with Gasteiger partial charge in [0, 0.05) is 38.0 Å². The van der Waals surface area contributed by atoms with Crippen LogP contribution >= 0.6 is 0 Å². The van der Waals surface area contributed by atoms with Crippen LogP contribution in [0.15, 0.2) is 72.8 Å². The van der Waals surface area contributed by atoms with E-state index in [1.165, 1.54) is 6.07 Å². The lowest BCUT2D eigenvalue weighted by Gasteiger charge is -2.39. The maximum Gasteiger partial charge on any atom is 0.416 e. The molecule has 0 aromatic heterocycles. The number of hydrogen-bond donors (Lipinski definition) is 1. The van der Waals surface area contributed by atoms with Gasteiger partial charge in [0.25, 0.3) is 0 Å². The Bertz CT molecular complexity index is 1170. The molecule has 1 unspecified atom stereocenters. The highest BCUT2D eigenvalue weighted by atomic mass is 19.4. The number of piperidine rings is 1. The van der Waals surface area contributed by atoms with Crippen LogP contribution in [0.3, 0.4) is 0 Å². The first-order valence-corrected chi connectivity index (χ1v) is 12.3. The van der Waals surface area contributed by atoms with Gasteiger partial charge in [-0.25, -0.2) is 0 Å². The second kappa shape index (κ2) is 10.1. The zero-order valence-corrected chi connectivity index (χ0v) is 20.0. The summed E-state index contributed by atoms with van der Waals surface area (Å²) in [5.41, 5.74) is 1.09. The molecule has 1 atom stereocenters. The van der Waals surface area contributed by atoms with E-state index >= 15 is 0 Å². The zero-order chi connectivity index (χ0) is 25.2. The van der Waals surface area contributed by atoms with E-state index in [4.69, 9.17) is 9.47 Å². The molecule has 1 fully saturated rings. The van der Waals surface area contributed by atoms with Crippen molar-refractivity contribution in [2.24, 2.45) is 0 Å². The molecule has 0 aliphatic carbocycles. The van der Waals surface area contributed by atoms with Gasteiger partial charge < -0.3 is 14.6 Å². The molecule has 36 heavy (non-hydrogen) atoms. The van der Waals surface area contributed by atoms with Crippen molar-refractivity contribution in [2.45, 2.75) is 50.2 Å². The van der Waals surface area contributed by atoms with Crippen LogP contribution in [0.5, 0.6) is 11.5 Å². The third-order valence-corrected chi connectivity index (χ3v) is 7.06. The van der Waals surface area contributed by atoms with Crippen molar-refractivity contribution in [1.29, 1.82) is 0 Å². The highest BCUT2D eigenvalue weighted by Gasteiger charge is 2.36. The molecule has 5 rings (SSSR count). The molecule has 1 N–H and O–H groups in total. The first kappa shape index (κ1) is 24.7. The van der Waals surface area contributed by atoms with Crippen molar-refractivity contribution in [3.8, 4) is 11.5 Å². The summed E-state index contributed by atoms with van der Waals surface area (Å²) in [4.78, 5) is 2.27. The summed E-state index contributed by atoms with van der Waals surface area (Å²) in [6.07, 6.45) is -2.31. The van der Waals surface area contributed by atoms with Crippen LogP contribution in [0.25, 0.3) is 0 Å². The molecule has 2 aliphatic heterocycles. The molecule has 4 nitrogen and oxygen atoms in total. The zero-order valence-electron chi connectivity index (χ0n) is 20.0. The monoisotopic (exact) mass is 497 g/mol. The molecule has 2 heterocycles. The Hall–Kier alpha value is -3.03.